The molecule has 0 fully saturated rings. The topological polar surface area (TPSA) is 54.8 Å². The average Bonchev–Trinajstić information content (AvgIpc) is 3.79. The SMILES string of the molecule is C1=Cc2c1cccc2C1=NC(c2ccccc2)=NC(c2c3ccccc3cc3oc4ccc(-n5c6cc7ccccc7cc6c6ccc7ccccc7c65)cc4c23)N1. The Hall–Kier alpha value is -7.76. The highest BCUT2D eigenvalue weighted by Crippen LogP contribution is 2.44. The van der Waals surface area contributed by atoms with E-state index in [4.69, 9.17) is 14.4 Å². The first-order valence-electron chi connectivity index (χ1n) is 19.8. The van der Waals surface area contributed by atoms with Crippen molar-refractivity contribution in [1.82, 2.24) is 9.88 Å². The number of benzene rings is 9. The maximum atomic E-state index is 6.81. The monoisotopic (exact) mass is 740 g/mol. The van der Waals surface area contributed by atoms with E-state index in [0.717, 1.165) is 60.9 Å². The zero-order valence-corrected chi connectivity index (χ0v) is 31.1. The van der Waals surface area contributed by atoms with Gasteiger partial charge in [-0.05, 0) is 74.5 Å². The normalized spacial score (nSPS) is 15.0. The number of amidine groups is 2. The van der Waals surface area contributed by atoms with Crippen LogP contribution < -0.4 is 5.32 Å². The van der Waals surface area contributed by atoms with Crippen molar-refractivity contribution < 1.29 is 4.42 Å². The molecule has 0 saturated carbocycles. The van der Waals surface area contributed by atoms with E-state index < -0.39 is 6.17 Å². The second kappa shape index (κ2) is 11.9. The van der Waals surface area contributed by atoms with E-state index in [9.17, 15) is 0 Å². The Morgan fingerprint density at radius 3 is 2.16 bits per heavy atom. The van der Waals surface area contributed by atoms with Gasteiger partial charge in [-0.3, -0.25) is 0 Å². The van der Waals surface area contributed by atoms with Gasteiger partial charge in [0, 0.05) is 49.3 Å². The molecule has 0 radical (unpaired) electrons. The van der Waals surface area contributed by atoms with Gasteiger partial charge in [0.2, 0.25) is 0 Å². The molecule has 58 heavy (non-hydrogen) atoms. The zero-order valence-electron chi connectivity index (χ0n) is 31.1. The fourth-order valence-corrected chi connectivity index (χ4v) is 9.43. The Bertz CT molecular complexity index is 3660. The van der Waals surface area contributed by atoms with E-state index in [-0.39, 0.29) is 0 Å². The summed E-state index contributed by atoms with van der Waals surface area (Å²) in [4.78, 5) is 10.6. The lowest BCUT2D eigenvalue weighted by Crippen LogP contribution is -2.34. The molecular weight excluding hydrogens is 709 g/mol. The molecule has 1 aliphatic heterocycles. The lowest BCUT2D eigenvalue weighted by atomic mass is 9.91. The number of hydrogen-bond acceptors (Lipinski definition) is 4. The lowest BCUT2D eigenvalue weighted by molar-refractivity contribution is 0.664. The number of aliphatic imine (C=N–C) groups is 2. The summed E-state index contributed by atoms with van der Waals surface area (Å²) in [7, 11) is 0. The highest BCUT2D eigenvalue weighted by Gasteiger charge is 2.29. The number of rotatable bonds is 4. The third-order valence-corrected chi connectivity index (χ3v) is 12.2. The predicted molar refractivity (Wildman–Crippen MR) is 241 cm³/mol. The van der Waals surface area contributed by atoms with Gasteiger partial charge < -0.3 is 14.3 Å². The van der Waals surface area contributed by atoms with Crippen molar-refractivity contribution in [2.24, 2.45) is 9.98 Å². The van der Waals surface area contributed by atoms with Crippen molar-refractivity contribution >= 4 is 99.9 Å². The van der Waals surface area contributed by atoms with Crippen LogP contribution in [-0.4, -0.2) is 16.2 Å². The van der Waals surface area contributed by atoms with Crippen LogP contribution >= 0.6 is 0 Å². The van der Waals surface area contributed by atoms with E-state index >= 15 is 0 Å². The summed E-state index contributed by atoms with van der Waals surface area (Å²) >= 11 is 0. The summed E-state index contributed by atoms with van der Waals surface area (Å²) in [5.74, 6) is 1.50. The Kier molecular flexibility index (Phi) is 6.44. The van der Waals surface area contributed by atoms with Crippen molar-refractivity contribution in [3.63, 3.8) is 0 Å². The van der Waals surface area contributed by atoms with Gasteiger partial charge in [-0.25, -0.2) is 9.98 Å². The maximum absolute atomic E-state index is 6.81. The van der Waals surface area contributed by atoms with Crippen molar-refractivity contribution in [1.29, 1.82) is 0 Å². The van der Waals surface area contributed by atoms with Crippen LogP contribution in [0.15, 0.2) is 184 Å². The smallest absolute Gasteiger partial charge is 0.159 e. The van der Waals surface area contributed by atoms with Gasteiger partial charge in [0.1, 0.15) is 23.2 Å². The van der Waals surface area contributed by atoms with E-state index in [0.29, 0.717) is 5.84 Å². The summed E-state index contributed by atoms with van der Waals surface area (Å²) in [5, 5.41) is 15.5. The molecule has 5 nitrogen and oxygen atoms in total. The van der Waals surface area contributed by atoms with Gasteiger partial charge >= 0.3 is 0 Å². The molecule has 9 aromatic carbocycles. The molecule has 2 aromatic heterocycles. The van der Waals surface area contributed by atoms with Crippen molar-refractivity contribution in [2.45, 2.75) is 6.17 Å². The molecule has 1 atom stereocenters. The maximum Gasteiger partial charge on any atom is 0.159 e. The minimum absolute atomic E-state index is 0.454. The van der Waals surface area contributed by atoms with Gasteiger partial charge in [0.05, 0.1) is 11.0 Å². The van der Waals surface area contributed by atoms with E-state index in [1.54, 1.807) is 0 Å². The quantitative estimate of drug-likeness (QED) is 0.195. The van der Waals surface area contributed by atoms with Gasteiger partial charge in [-0.1, -0.05) is 146 Å². The van der Waals surface area contributed by atoms with Crippen molar-refractivity contribution in [3.05, 3.63) is 198 Å². The molecule has 0 spiro atoms. The van der Waals surface area contributed by atoms with Gasteiger partial charge in [-0.15, -0.1) is 0 Å². The zero-order chi connectivity index (χ0) is 37.9. The summed E-state index contributed by atoms with van der Waals surface area (Å²) in [5.41, 5.74) is 10.6. The number of aromatic nitrogens is 1. The number of nitrogens with zero attached hydrogens (tertiary/aromatic N) is 3. The minimum Gasteiger partial charge on any atom is -0.456 e. The Balaban J connectivity index is 1.10. The molecule has 3 heterocycles. The number of furan rings is 1. The van der Waals surface area contributed by atoms with Crippen LogP contribution in [0.1, 0.15) is 34.0 Å². The van der Waals surface area contributed by atoms with E-state index in [1.165, 1.54) is 54.5 Å². The van der Waals surface area contributed by atoms with Crippen molar-refractivity contribution in [3.8, 4) is 5.69 Å². The fraction of sp³-hybridized carbons (Fsp3) is 0.0189. The van der Waals surface area contributed by atoms with E-state index in [2.05, 4.69) is 174 Å². The highest BCUT2D eigenvalue weighted by molar-refractivity contribution is 6.22. The molecule has 1 aliphatic carbocycles. The summed E-state index contributed by atoms with van der Waals surface area (Å²) in [6.07, 6.45) is 3.86. The highest BCUT2D eigenvalue weighted by atomic mass is 16.3. The molecule has 1 N–H and O–H groups in total. The Morgan fingerprint density at radius 2 is 1.31 bits per heavy atom. The minimum atomic E-state index is -0.454. The van der Waals surface area contributed by atoms with Crippen LogP contribution in [-0.2, 0) is 0 Å². The molecular formula is C53H32N4O. The number of fused-ring (bicyclic) bond motifs is 11. The second-order valence-electron chi connectivity index (χ2n) is 15.4. The van der Waals surface area contributed by atoms with E-state index in [1.807, 2.05) is 18.2 Å². The van der Waals surface area contributed by atoms with Gasteiger partial charge in [0.25, 0.3) is 0 Å². The average molecular weight is 741 g/mol. The van der Waals surface area contributed by atoms with Crippen LogP contribution in [0.2, 0.25) is 0 Å². The standard InChI is InChI=1S/C53H32N4O/c1-2-12-33(13-3-1)51-54-52(42-20-10-17-31-21-24-38(31)42)56-53(55-51)49-39-18-8-7-16-36(39)29-47-48(49)44-30-37(23-26-46(44)58-47)57-45-28-35-15-5-4-14-34(35)27-43(45)41-25-22-32-11-6-9-19-40(32)50(41)57/h1-30,53H,(H,54,55,56). The third kappa shape index (κ3) is 4.53. The molecule has 13 rings (SSSR count). The molecule has 2 aliphatic rings. The summed E-state index contributed by atoms with van der Waals surface area (Å²) in [6.45, 7) is 0. The third-order valence-electron chi connectivity index (χ3n) is 12.2. The molecule has 0 amide bonds. The van der Waals surface area contributed by atoms with Gasteiger partial charge in [-0.2, -0.15) is 0 Å². The first-order chi connectivity index (χ1) is 28.7. The number of nitrogens with one attached hydrogen (secondary N) is 1. The summed E-state index contributed by atoms with van der Waals surface area (Å²) < 4.78 is 9.26. The van der Waals surface area contributed by atoms with Crippen LogP contribution in [0.5, 0.6) is 0 Å². The lowest BCUT2D eigenvalue weighted by Gasteiger charge is -2.27. The molecule has 5 heteroatoms. The van der Waals surface area contributed by atoms with Crippen LogP contribution in [0, 0.1) is 0 Å². The Labute approximate surface area is 332 Å². The largest absolute Gasteiger partial charge is 0.456 e. The second-order valence-corrected chi connectivity index (χ2v) is 15.4. The predicted octanol–water partition coefficient (Wildman–Crippen LogP) is 13.1. The molecule has 1 unspecified atom stereocenters. The molecule has 270 valence electrons. The van der Waals surface area contributed by atoms with Crippen LogP contribution in [0.25, 0.3) is 93.9 Å². The first-order valence-corrected chi connectivity index (χ1v) is 19.8. The van der Waals surface area contributed by atoms with Gasteiger partial charge in [0.15, 0.2) is 5.84 Å². The number of hydrogen-bond donors (Lipinski definition) is 1. The van der Waals surface area contributed by atoms with Crippen LogP contribution in [0.3, 0.4) is 0 Å². The summed E-state index contributed by atoms with van der Waals surface area (Å²) in [6, 6.07) is 60.7. The molecule has 11 aromatic rings. The van der Waals surface area contributed by atoms with Crippen LogP contribution in [0.4, 0.5) is 0 Å². The molecule has 0 bridgehead atoms. The fourth-order valence-electron chi connectivity index (χ4n) is 9.43. The van der Waals surface area contributed by atoms with Crippen molar-refractivity contribution in [2.75, 3.05) is 0 Å². The Morgan fingerprint density at radius 1 is 0.534 bits per heavy atom. The molecule has 0 saturated heterocycles. The first kappa shape index (κ1) is 31.4.